The van der Waals surface area contributed by atoms with Crippen LogP contribution >= 0.6 is 0 Å². The van der Waals surface area contributed by atoms with E-state index in [0.29, 0.717) is 11.4 Å². The monoisotopic (exact) mass is 345 g/mol. The van der Waals surface area contributed by atoms with E-state index in [1.807, 2.05) is 44.2 Å². The molecule has 24 heavy (non-hydrogen) atoms. The number of aryl methyl sites for hydroxylation is 2. The minimum atomic E-state index is -3.50. The quantitative estimate of drug-likeness (QED) is 0.846. The molecule has 3 rings (SSSR count). The minimum absolute atomic E-state index is 0.133. The van der Waals surface area contributed by atoms with Gasteiger partial charge < -0.3 is 4.74 Å². The molecule has 0 N–H and O–H groups in total. The normalized spacial score (nSPS) is 18.7. The number of hydrogen-bond donors (Lipinski definition) is 0. The van der Waals surface area contributed by atoms with Crippen LogP contribution in [-0.4, -0.2) is 26.4 Å². The largest absolute Gasteiger partial charge is 0.497 e. The Labute approximate surface area is 144 Å². The Hall–Kier alpha value is -1.85. The molecular formula is C19H23NO3S. The second kappa shape index (κ2) is 6.57. The summed E-state index contributed by atoms with van der Waals surface area (Å²) in [5, 5.41) is 0. The maximum Gasteiger partial charge on any atom is 0.243 e. The van der Waals surface area contributed by atoms with Crippen molar-refractivity contribution < 1.29 is 13.2 Å². The molecular weight excluding hydrogens is 322 g/mol. The van der Waals surface area contributed by atoms with Crippen molar-refractivity contribution in [1.29, 1.82) is 0 Å². The van der Waals surface area contributed by atoms with Crippen LogP contribution in [0, 0.1) is 13.8 Å². The van der Waals surface area contributed by atoms with Gasteiger partial charge in [-0.1, -0.05) is 18.2 Å². The van der Waals surface area contributed by atoms with E-state index in [4.69, 9.17) is 4.74 Å². The average Bonchev–Trinajstić information content (AvgIpc) is 3.08. The van der Waals surface area contributed by atoms with Gasteiger partial charge in [-0.2, -0.15) is 4.31 Å². The van der Waals surface area contributed by atoms with Crippen molar-refractivity contribution in [2.24, 2.45) is 0 Å². The van der Waals surface area contributed by atoms with Crippen LogP contribution in [-0.2, 0) is 10.0 Å². The molecule has 0 spiro atoms. The lowest BCUT2D eigenvalue weighted by Crippen LogP contribution is -2.30. The highest BCUT2D eigenvalue weighted by Crippen LogP contribution is 2.37. The molecule has 1 aliphatic rings. The Morgan fingerprint density at radius 2 is 1.88 bits per heavy atom. The molecule has 4 nitrogen and oxygen atoms in total. The third-order valence-corrected chi connectivity index (χ3v) is 6.67. The van der Waals surface area contributed by atoms with Gasteiger partial charge in [0.15, 0.2) is 0 Å². The summed E-state index contributed by atoms with van der Waals surface area (Å²) >= 11 is 0. The first kappa shape index (κ1) is 17.0. The summed E-state index contributed by atoms with van der Waals surface area (Å²) in [7, 11) is -1.88. The van der Waals surface area contributed by atoms with E-state index in [1.165, 1.54) is 0 Å². The van der Waals surface area contributed by atoms with Gasteiger partial charge in [0, 0.05) is 6.54 Å². The summed E-state index contributed by atoms with van der Waals surface area (Å²) in [5.74, 6) is 0.753. The number of methoxy groups -OCH3 is 1. The van der Waals surface area contributed by atoms with Crippen LogP contribution in [0.15, 0.2) is 47.4 Å². The summed E-state index contributed by atoms with van der Waals surface area (Å²) in [4.78, 5) is 0.375. The van der Waals surface area contributed by atoms with Gasteiger partial charge in [-0.05, 0) is 67.6 Å². The summed E-state index contributed by atoms with van der Waals surface area (Å²) in [5.41, 5.74) is 3.08. The van der Waals surface area contributed by atoms with Crippen molar-refractivity contribution in [1.82, 2.24) is 4.31 Å². The van der Waals surface area contributed by atoms with Crippen molar-refractivity contribution in [2.45, 2.75) is 37.6 Å². The van der Waals surface area contributed by atoms with Crippen LogP contribution in [0.25, 0.3) is 0 Å². The van der Waals surface area contributed by atoms with Crippen LogP contribution in [0.2, 0.25) is 0 Å². The Balaban J connectivity index is 1.98. The Bertz CT molecular complexity index is 845. The van der Waals surface area contributed by atoms with Crippen LogP contribution in [0.5, 0.6) is 5.75 Å². The van der Waals surface area contributed by atoms with Crippen LogP contribution in [0.4, 0.5) is 0 Å². The number of rotatable bonds is 4. The highest BCUT2D eigenvalue weighted by molar-refractivity contribution is 7.89. The molecule has 1 atom stereocenters. The van der Waals surface area contributed by atoms with Gasteiger partial charge in [-0.15, -0.1) is 0 Å². The first-order valence-corrected chi connectivity index (χ1v) is 9.60. The van der Waals surface area contributed by atoms with Crippen molar-refractivity contribution in [3.05, 3.63) is 59.2 Å². The van der Waals surface area contributed by atoms with Gasteiger partial charge >= 0.3 is 0 Å². The molecule has 0 unspecified atom stereocenters. The first-order valence-electron chi connectivity index (χ1n) is 8.16. The summed E-state index contributed by atoms with van der Waals surface area (Å²) in [6.45, 7) is 4.48. The highest BCUT2D eigenvalue weighted by Gasteiger charge is 2.36. The maximum atomic E-state index is 13.1. The molecule has 2 aromatic carbocycles. The second-order valence-electron chi connectivity index (χ2n) is 6.30. The molecule has 0 saturated carbocycles. The van der Waals surface area contributed by atoms with E-state index in [1.54, 1.807) is 23.5 Å². The molecule has 1 fully saturated rings. The van der Waals surface area contributed by atoms with Crippen molar-refractivity contribution >= 4 is 10.0 Å². The van der Waals surface area contributed by atoms with Crippen LogP contribution < -0.4 is 4.74 Å². The molecule has 5 heteroatoms. The van der Waals surface area contributed by atoms with Crippen LogP contribution in [0.1, 0.15) is 35.6 Å². The van der Waals surface area contributed by atoms with Crippen molar-refractivity contribution in [3.63, 3.8) is 0 Å². The molecule has 1 heterocycles. The van der Waals surface area contributed by atoms with E-state index < -0.39 is 10.0 Å². The Kier molecular flexibility index (Phi) is 4.65. The lowest BCUT2D eigenvalue weighted by Gasteiger charge is -2.25. The number of benzene rings is 2. The predicted octanol–water partition coefficient (Wildman–Crippen LogP) is 3.84. The number of ether oxygens (including phenoxy) is 1. The molecule has 0 amide bonds. The third kappa shape index (κ3) is 3.06. The zero-order valence-corrected chi connectivity index (χ0v) is 15.1. The smallest absolute Gasteiger partial charge is 0.243 e. The van der Waals surface area contributed by atoms with E-state index in [2.05, 4.69) is 0 Å². The molecule has 1 aliphatic heterocycles. The molecule has 2 aromatic rings. The van der Waals surface area contributed by atoms with Gasteiger partial charge in [0.1, 0.15) is 5.75 Å². The predicted molar refractivity (Wildman–Crippen MR) is 94.8 cm³/mol. The number of sulfonamides is 1. The lowest BCUT2D eigenvalue weighted by molar-refractivity contribution is 0.390. The zero-order chi connectivity index (χ0) is 17.3. The van der Waals surface area contributed by atoms with E-state index >= 15 is 0 Å². The average molecular weight is 345 g/mol. The third-order valence-electron chi connectivity index (χ3n) is 4.77. The summed E-state index contributed by atoms with van der Waals surface area (Å²) in [6, 6.07) is 12.9. The number of hydrogen-bond acceptors (Lipinski definition) is 3. The molecule has 0 aromatic heterocycles. The van der Waals surface area contributed by atoms with Gasteiger partial charge in [-0.25, -0.2) is 8.42 Å². The van der Waals surface area contributed by atoms with Crippen LogP contribution in [0.3, 0.4) is 0 Å². The fourth-order valence-electron chi connectivity index (χ4n) is 3.22. The van der Waals surface area contributed by atoms with Gasteiger partial charge in [-0.3, -0.25) is 0 Å². The van der Waals surface area contributed by atoms with Crippen molar-refractivity contribution in [3.8, 4) is 5.75 Å². The summed E-state index contributed by atoms with van der Waals surface area (Å²) < 4.78 is 33.2. The van der Waals surface area contributed by atoms with Gasteiger partial charge in [0.25, 0.3) is 0 Å². The summed E-state index contributed by atoms with van der Waals surface area (Å²) in [6.07, 6.45) is 1.70. The van der Waals surface area contributed by atoms with Gasteiger partial charge in [0.2, 0.25) is 10.0 Å². The first-order chi connectivity index (χ1) is 11.4. The van der Waals surface area contributed by atoms with E-state index in [9.17, 15) is 8.42 Å². The standard InChI is InChI=1S/C19H23NO3S/c1-14-9-10-18(12-15(14)2)24(21,22)20-11-5-8-19(20)16-6-4-7-17(13-16)23-3/h4,6-7,9-10,12-13,19H,5,8,11H2,1-3H3/t19-/m1/s1. The molecule has 128 valence electrons. The lowest BCUT2D eigenvalue weighted by atomic mass is 10.1. The Morgan fingerprint density at radius 1 is 1.08 bits per heavy atom. The van der Waals surface area contributed by atoms with E-state index in [0.717, 1.165) is 35.3 Å². The molecule has 0 radical (unpaired) electrons. The molecule has 1 saturated heterocycles. The second-order valence-corrected chi connectivity index (χ2v) is 8.19. The van der Waals surface area contributed by atoms with Gasteiger partial charge in [0.05, 0.1) is 18.0 Å². The van der Waals surface area contributed by atoms with E-state index in [-0.39, 0.29) is 6.04 Å². The SMILES string of the molecule is COc1cccc([C@H]2CCCN2S(=O)(=O)c2ccc(C)c(C)c2)c1. The maximum absolute atomic E-state index is 13.1. The molecule has 0 aliphatic carbocycles. The Morgan fingerprint density at radius 3 is 2.58 bits per heavy atom. The fraction of sp³-hybridized carbons (Fsp3) is 0.368. The fourth-order valence-corrected chi connectivity index (χ4v) is 4.99. The van der Waals surface area contributed by atoms with Crippen molar-refractivity contribution in [2.75, 3.05) is 13.7 Å². The highest BCUT2D eigenvalue weighted by atomic mass is 32.2. The number of nitrogens with zero attached hydrogens (tertiary/aromatic N) is 1. The minimum Gasteiger partial charge on any atom is -0.497 e. The topological polar surface area (TPSA) is 46.6 Å². The zero-order valence-electron chi connectivity index (χ0n) is 14.3. The molecule has 0 bridgehead atoms.